The molecule has 0 unspecified atom stereocenters. The van der Waals surface area contributed by atoms with Crippen molar-refractivity contribution in [2.75, 3.05) is 20.3 Å². The highest BCUT2D eigenvalue weighted by Crippen LogP contribution is 2.18. The first kappa shape index (κ1) is 11.5. The Balaban J connectivity index is 2.13. The lowest BCUT2D eigenvalue weighted by atomic mass is 10.1. The lowest BCUT2D eigenvalue weighted by Gasteiger charge is -2.24. The van der Waals surface area contributed by atoms with Gasteiger partial charge in [0.2, 0.25) is 5.91 Å². The highest BCUT2D eigenvalue weighted by molar-refractivity contribution is 5.78. The topological polar surface area (TPSA) is 50.4 Å². The number of carbonyl (C=O) groups excluding carboxylic acids is 1. The van der Waals surface area contributed by atoms with Gasteiger partial charge in [-0.05, 0) is 26.7 Å². The molecule has 1 saturated carbocycles. The van der Waals surface area contributed by atoms with Crippen molar-refractivity contribution in [2.24, 2.45) is 0 Å². The first-order valence-electron chi connectivity index (χ1n) is 5.07. The van der Waals surface area contributed by atoms with E-state index in [2.05, 4.69) is 10.6 Å². The molecule has 0 atom stereocenters. The molecule has 0 aliphatic heterocycles. The summed E-state index contributed by atoms with van der Waals surface area (Å²) in [6.07, 6.45) is 2.26. The van der Waals surface area contributed by atoms with Crippen LogP contribution in [0.15, 0.2) is 0 Å². The Hall–Kier alpha value is -0.610. The summed E-state index contributed by atoms with van der Waals surface area (Å²) in [5.74, 6) is 0.0803. The van der Waals surface area contributed by atoms with Crippen molar-refractivity contribution in [2.45, 2.75) is 38.3 Å². The molecule has 0 aromatic rings. The van der Waals surface area contributed by atoms with E-state index < -0.39 is 0 Å². The average molecular weight is 200 g/mol. The van der Waals surface area contributed by atoms with Gasteiger partial charge in [0.15, 0.2) is 0 Å². The summed E-state index contributed by atoms with van der Waals surface area (Å²) in [6, 6.07) is 0.440. The van der Waals surface area contributed by atoms with Crippen molar-refractivity contribution >= 4 is 5.91 Å². The summed E-state index contributed by atoms with van der Waals surface area (Å²) in [7, 11) is 1.66. The Bertz CT molecular complexity index is 200. The maximum Gasteiger partial charge on any atom is 0.234 e. The van der Waals surface area contributed by atoms with Crippen molar-refractivity contribution in [3.05, 3.63) is 0 Å². The standard InChI is InChI=1S/C10H20N2O2/c1-10(2,7-14-3)11-6-9(13)12-8-4-5-8/h8,11H,4-7H2,1-3H3,(H,12,13). The van der Waals surface area contributed by atoms with Gasteiger partial charge in [0, 0.05) is 18.7 Å². The van der Waals surface area contributed by atoms with Gasteiger partial charge in [0.25, 0.3) is 0 Å². The van der Waals surface area contributed by atoms with Crippen molar-refractivity contribution in [1.29, 1.82) is 0 Å². The van der Waals surface area contributed by atoms with Gasteiger partial charge in [-0.1, -0.05) is 0 Å². The van der Waals surface area contributed by atoms with Gasteiger partial charge in [-0.2, -0.15) is 0 Å². The van der Waals surface area contributed by atoms with Crippen LogP contribution in [0.1, 0.15) is 26.7 Å². The van der Waals surface area contributed by atoms with Crippen LogP contribution < -0.4 is 10.6 Å². The third-order valence-electron chi connectivity index (χ3n) is 2.18. The van der Waals surface area contributed by atoms with E-state index in [0.29, 0.717) is 19.2 Å². The molecule has 0 aromatic heterocycles. The van der Waals surface area contributed by atoms with Gasteiger partial charge in [0.05, 0.1) is 13.2 Å². The molecule has 1 fully saturated rings. The van der Waals surface area contributed by atoms with E-state index in [0.717, 1.165) is 12.8 Å². The quantitative estimate of drug-likeness (QED) is 0.647. The Labute approximate surface area is 85.4 Å². The zero-order valence-electron chi connectivity index (χ0n) is 9.22. The van der Waals surface area contributed by atoms with Crippen LogP contribution in [0.4, 0.5) is 0 Å². The highest BCUT2D eigenvalue weighted by atomic mass is 16.5. The summed E-state index contributed by atoms with van der Waals surface area (Å²) in [4.78, 5) is 11.3. The van der Waals surface area contributed by atoms with E-state index in [9.17, 15) is 4.79 Å². The molecule has 0 spiro atoms. The SMILES string of the molecule is COCC(C)(C)NCC(=O)NC1CC1. The Morgan fingerprint density at radius 3 is 2.64 bits per heavy atom. The van der Waals surface area contributed by atoms with Crippen LogP contribution >= 0.6 is 0 Å². The number of hydrogen-bond donors (Lipinski definition) is 2. The van der Waals surface area contributed by atoms with Gasteiger partial charge in [0.1, 0.15) is 0 Å². The number of methoxy groups -OCH3 is 1. The van der Waals surface area contributed by atoms with Crippen molar-refractivity contribution in [3.63, 3.8) is 0 Å². The molecule has 0 saturated heterocycles. The Morgan fingerprint density at radius 2 is 2.14 bits per heavy atom. The largest absolute Gasteiger partial charge is 0.383 e. The van der Waals surface area contributed by atoms with Gasteiger partial charge >= 0.3 is 0 Å². The van der Waals surface area contributed by atoms with E-state index in [-0.39, 0.29) is 11.4 Å². The van der Waals surface area contributed by atoms with Gasteiger partial charge < -0.3 is 15.4 Å². The monoisotopic (exact) mass is 200 g/mol. The Kier molecular flexibility index (Phi) is 3.89. The molecular formula is C10H20N2O2. The van der Waals surface area contributed by atoms with Gasteiger partial charge in [-0.3, -0.25) is 4.79 Å². The van der Waals surface area contributed by atoms with Crippen molar-refractivity contribution in [1.82, 2.24) is 10.6 Å². The van der Waals surface area contributed by atoms with Crippen LogP contribution in [0.2, 0.25) is 0 Å². The molecule has 0 aromatic carbocycles. The molecule has 1 rings (SSSR count). The number of carbonyl (C=O) groups is 1. The van der Waals surface area contributed by atoms with E-state index in [4.69, 9.17) is 4.74 Å². The summed E-state index contributed by atoms with van der Waals surface area (Å²) < 4.78 is 5.04. The smallest absolute Gasteiger partial charge is 0.234 e. The van der Waals surface area contributed by atoms with Crippen molar-refractivity contribution < 1.29 is 9.53 Å². The van der Waals surface area contributed by atoms with Crippen LogP contribution in [-0.4, -0.2) is 37.7 Å². The van der Waals surface area contributed by atoms with Crippen LogP contribution in [0.3, 0.4) is 0 Å². The van der Waals surface area contributed by atoms with E-state index in [1.165, 1.54) is 0 Å². The molecule has 1 aliphatic rings. The molecule has 2 N–H and O–H groups in total. The first-order valence-corrected chi connectivity index (χ1v) is 5.07. The fourth-order valence-electron chi connectivity index (χ4n) is 1.24. The number of hydrogen-bond acceptors (Lipinski definition) is 3. The molecule has 14 heavy (non-hydrogen) atoms. The summed E-state index contributed by atoms with van der Waals surface area (Å²) >= 11 is 0. The molecule has 1 amide bonds. The average Bonchev–Trinajstić information content (AvgIpc) is 2.85. The minimum Gasteiger partial charge on any atom is -0.383 e. The van der Waals surface area contributed by atoms with Gasteiger partial charge in [-0.15, -0.1) is 0 Å². The second kappa shape index (κ2) is 4.75. The third kappa shape index (κ3) is 4.58. The fraction of sp³-hybridized carbons (Fsp3) is 0.900. The fourth-order valence-corrected chi connectivity index (χ4v) is 1.24. The van der Waals surface area contributed by atoms with E-state index in [1.54, 1.807) is 7.11 Å². The minimum atomic E-state index is -0.143. The minimum absolute atomic E-state index is 0.0803. The molecule has 0 heterocycles. The maximum absolute atomic E-state index is 11.3. The van der Waals surface area contributed by atoms with Crippen LogP contribution in [-0.2, 0) is 9.53 Å². The third-order valence-corrected chi connectivity index (χ3v) is 2.18. The lowest BCUT2D eigenvalue weighted by molar-refractivity contribution is -0.120. The van der Waals surface area contributed by atoms with Crippen LogP contribution in [0.5, 0.6) is 0 Å². The van der Waals surface area contributed by atoms with Gasteiger partial charge in [-0.25, -0.2) is 0 Å². The summed E-state index contributed by atoms with van der Waals surface area (Å²) in [5.41, 5.74) is -0.143. The molecule has 1 aliphatic carbocycles. The predicted molar refractivity (Wildman–Crippen MR) is 55.1 cm³/mol. The molecule has 0 bridgehead atoms. The molecular weight excluding hydrogens is 180 g/mol. The number of nitrogens with one attached hydrogen (secondary N) is 2. The number of rotatable bonds is 6. The first-order chi connectivity index (χ1) is 6.53. The summed E-state index contributed by atoms with van der Waals surface area (Å²) in [5, 5.41) is 6.08. The zero-order chi connectivity index (χ0) is 10.6. The normalized spacial score (nSPS) is 16.8. The summed E-state index contributed by atoms with van der Waals surface area (Å²) in [6.45, 7) is 5.00. The molecule has 0 radical (unpaired) electrons. The second-order valence-corrected chi connectivity index (χ2v) is 4.51. The van der Waals surface area contributed by atoms with Crippen LogP contribution in [0, 0.1) is 0 Å². The molecule has 82 valence electrons. The highest BCUT2D eigenvalue weighted by Gasteiger charge is 2.24. The molecule has 4 nitrogen and oxygen atoms in total. The van der Waals surface area contributed by atoms with Crippen molar-refractivity contribution in [3.8, 4) is 0 Å². The molecule has 4 heteroatoms. The van der Waals surface area contributed by atoms with E-state index in [1.807, 2.05) is 13.8 Å². The number of ether oxygens (including phenoxy) is 1. The second-order valence-electron chi connectivity index (χ2n) is 4.51. The Morgan fingerprint density at radius 1 is 1.50 bits per heavy atom. The lowest BCUT2D eigenvalue weighted by Crippen LogP contribution is -2.48. The zero-order valence-corrected chi connectivity index (χ0v) is 9.22. The maximum atomic E-state index is 11.3. The number of amides is 1. The van der Waals surface area contributed by atoms with Crippen LogP contribution in [0.25, 0.3) is 0 Å². The predicted octanol–water partition coefficient (Wildman–Crippen LogP) is 0.280. The van der Waals surface area contributed by atoms with E-state index >= 15 is 0 Å².